The van der Waals surface area contributed by atoms with Crippen molar-refractivity contribution in [2.45, 2.75) is 89.2 Å². The number of hydrogen-bond acceptors (Lipinski definition) is 10. The number of aromatic nitrogens is 2. The van der Waals surface area contributed by atoms with Gasteiger partial charge in [0.25, 0.3) is 0 Å². The van der Waals surface area contributed by atoms with Crippen molar-refractivity contribution in [1.29, 1.82) is 0 Å². The number of aryl methyl sites for hydroxylation is 1. The average molecular weight is 795 g/mol. The molecule has 5 heterocycles. The largest absolute Gasteiger partial charge is 0.493 e. The second kappa shape index (κ2) is 14.4. The molecular weight excluding hydrogens is 748 g/mol. The average Bonchev–Trinajstić information content (AvgIpc) is 3.78. The highest BCUT2D eigenvalue weighted by atomic mass is 19.1. The molecule has 12 nitrogen and oxygen atoms in total. The fourth-order valence-electron chi connectivity index (χ4n) is 9.30. The quantitative estimate of drug-likeness (QED) is 0.189. The van der Waals surface area contributed by atoms with E-state index in [1.807, 2.05) is 4.90 Å². The Balaban J connectivity index is 1.31. The number of rotatable bonds is 7. The van der Waals surface area contributed by atoms with Gasteiger partial charge in [-0.3, -0.25) is 9.80 Å². The van der Waals surface area contributed by atoms with Crippen molar-refractivity contribution in [3.05, 3.63) is 47.3 Å². The summed E-state index contributed by atoms with van der Waals surface area (Å²) in [6.45, 7) is 8.49. The molecule has 0 radical (unpaired) electrons. The summed E-state index contributed by atoms with van der Waals surface area (Å²) in [5.41, 5.74) is -2.21. The van der Waals surface area contributed by atoms with Gasteiger partial charge < -0.3 is 29.2 Å². The van der Waals surface area contributed by atoms with Gasteiger partial charge in [-0.05, 0) is 100 Å². The van der Waals surface area contributed by atoms with Gasteiger partial charge in [0.05, 0.1) is 35.7 Å². The fraction of sp³-hybridized carbons (Fsp3) is 0.512. The maximum Gasteiger partial charge on any atom is 0.412 e. The highest BCUT2D eigenvalue weighted by molar-refractivity contribution is 6.05. The van der Waals surface area contributed by atoms with E-state index in [4.69, 9.17) is 23.9 Å². The monoisotopic (exact) mass is 794 g/mol. The van der Waals surface area contributed by atoms with Crippen molar-refractivity contribution in [2.75, 3.05) is 51.8 Å². The van der Waals surface area contributed by atoms with Crippen molar-refractivity contribution >= 4 is 39.7 Å². The van der Waals surface area contributed by atoms with E-state index in [9.17, 15) is 14.0 Å². The molecule has 1 aromatic heterocycles. The van der Waals surface area contributed by atoms with Gasteiger partial charge in [0.2, 0.25) is 0 Å². The van der Waals surface area contributed by atoms with E-state index in [0.717, 1.165) is 13.0 Å². The third-order valence-electron chi connectivity index (χ3n) is 11.7. The van der Waals surface area contributed by atoms with E-state index in [1.54, 1.807) is 25.7 Å². The van der Waals surface area contributed by atoms with Gasteiger partial charge in [0.15, 0.2) is 17.4 Å². The lowest BCUT2D eigenvalue weighted by Gasteiger charge is -2.42. The number of carbonyl (C=O) groups excluding carboxylic acids is 2. The van der Waals surface area contributed by atoms with Crippen LogP contribution in [0.5, 0.6) is 17.5 Å². The van der Waals surface area contributed by atoms with Gasteiger partial charge >= 0.3 is 18.2 Å². The van der Waals surface area contributed by atoms with Crippen LogP contribution in [0.2, 0.25) is 0 Å². The topological polar surface area (TPSA) is 119 Å². The highest BCUT2D eigenvalue weighted by Crippen LogP contribution is 2.48. The van der Waals surface area contributed by atoms with Crippen LogP contribution in [-0.4, -0.2) is 108 Å². The summed E-state index contributed by atoms with van der Waals surface area (Å²) in [4.78, 5) is 40.6. The molecule has 57 heavy (non-hydrogen) atoms. The summed E-state index contributed by atoms with van der Waals surface area (Å²) in [7, 11) is 2.61. The van der Waals surface area contributed by atoms with E-state index < -0.39 is 52.5 Å². The normalized spacial score (nSPS) is 23.3. The molecule has 4 aliphatic heterocycles. The van der Waals surface area contributed by atoms with Crippen molar-refractivity contribution < 1.29 is 46.1 Å². The third-order valence-corrected chi connectivity index (χ3v) is 11.7. The Morgan fingerprint density at radius 3 is 2.44 bits per heavy atom. The first-order chi connectivity index (χ1) is 27.1. The number of carbonyl (C=O) groups is 2. The number of benzene rings is 3. The number of nitrogens with one attached hydrogen (secondary N) is 1. The molecule has 16 heteroatoms. The van der Waals surface area contributed by atoms with Gasteiger partial charge in [-0.1, -0.05) is 6.07 Å². The van der Waals surface area contributed by atoms with E-state index in [2.05, 4.69) is 15.2 Å². The molecule has 4 aliphatic rings. The van der Waals surface area contributed by atoms with Crippen LogP contribution in [0.4, 0.5) is 33.0 Å². The van der Waals surface area contributed by atoms with Crippen LogP contribution in [0, 0.1) is 24.4 Å². The van der Waals surface area contributed by atoms with Gasteiger partial charge in [-0.25, -0.2) is 27.2 Å². The Morgan fingerprint density at radius 2 is 1.75 bits per heavy atom. The first-order valence-corrected chi connectivity index (χ1v) is 19.3. The standard InChI is InChI=1S/C41H46F4N6O6/c1-21-28(43)11-8-22-14-26(56-38(52)46-5)15-27(29(21)22)30-32(44)34-31(35(54-6)33(30)45)36(48-37(47-34)55-20-41-12-7-13-50(41)17-23(42)16-41)49-18-24-9-10-25(19-49)51(24)39(53)57-40(2,3)4/h8,11,14-15,23-25H,7,9-10,12-13,16-20H2,1-6H3,(H,46,52)/t23-,24?,25?,41+/m1/s1. The second-order valence-electron chi connectivity index (χ2n) is 16.5. The smallest absolute Gasteiger partial charge is 0.412 e. The van der Waals surface area contributed by atoms with Gasteiger partial charge in [0, 0.05) is 33.1 Å². The molecule has 4 atom stereocenters. The Bertz CT molecular complexity index is 2280. The summed E-state index contributed by atoms with van der Waals surface area (Å²) in [5.74, 6) is -3.12. The fourth-order valence-corrected chi connectivity index (χ4v) is 9.30. The number of halogens is 4. The van der Waals surface area contributed by atoms with Crippen LogP contribution in [-0.2, 0) is 4.74 Å². The summed E-state index contributed by atoms with van der Waals surface area (Å²) in [6.07, 6.45) is 0.936. The molecule has 4 fully saturated rings. The first-order valence-electron chi connectivity index (χ1n) is 19.3. The number of piperazine rings is 1. The summed E-state index contributed by atoms with van der Waals surface area (Å²) >= 11 is 0. The predicted octanol–water partition coefficient (Wildman–Crippen LogP) is 7.45. The van der Waals surface area contributed by atoms with Gasteiger partial charge in [0.1, 0.15) is 41.3 Å². The number of ether oxygens (including phenoxy) is 4. The Morgan fingerprint density at radius 1 is 1.02 bits per heavy atom. The molecule has 4 saturated heterocycles. The molecule has 1 N–H and O–H groups in total. The van der Waals surface area contributed by atoms with Gasteiger partial charge in [-0.2, -0.15) is 9.97 Å². The highest BCUT2D eigenvalue weighted by Gasteiger charge is 2.50. The molecule has 0 aliphatic carbocycles. The predicted molar refractivity (Wildman–Crippen MR) is 204 cm³/mol. The summed E-state index contributed by atoms with van der Waals surface area (Å²) in [6, 6.07) is 4.62. The number of amides is 2. The van der Waals surface area contributed by atoms with Crippen LogP contribution in [0.25, 0.3) is 32.8 Å². The lowest BCUT2D eigenvalue weighted by atomic mass is 9.92. The van der Waals surface area contributed by atoms with Crippen molar-refractivity contribution in [1.82, 2.24) is 25.1 Å². The SMILES string of the molecule is CNC(=O)Oc1cc(-c2c(F)c(OC)c3c(N4CC5CCC(C4)N5C(=O)OC(C)(C)C)nc(OC[C@@]45CCCN4C[C@H](F)C5)nc3c2F)c2c(C)c(F)ccc2c1. The lowest BCUT2D eigenvalue weighted by Crippen LogP contribution is -2.57. The van der Waals surface area contributed by atoms with Crippen LogP contribution >= 0.6 is 0 Å². The van der Waals surface area contributed by atoms with Crippen LogP contribution in [0.1, 0.15) is 58.4 Å². The van der Waals surface area contributed by atoms with E-state index in [-0.39, 0.29) is 88.9 Å². The summed E-state index contributed by atoms with van der Waals surface area (Å²) < 4.78 is 87.9. The molecule has 2 unspecified atom stereocenters. The zero-order valence-corrected chi connectivity index (χ0v) is 32.8. The lowest BCUT2D eigenvalue weighted by molar-refractivity contribution is 0.0122. The molecule has 4 aromatic rings. The Kier molecular flexibility index (Phi) is 9.76. The summed E-state index contributed by atoms with van der Waals surface area (Å²) in [5, 5.41) is 2.82. The minimum atomic E-state index is -1.11. The minimum absolute atomic E-state index is 0.0465. The zero-order chi connectivity index (χ0) is 40.6. The van der Waals surface area contributed by atoms with Crippen LogP contribution in [0.3, 0.4) is 0 Å². The molecule has 0 spiro atoms. The zero-order valence-electron chi connectivity index (χ0n) is 32.8. The minimum Gasteiger partial charge on any atom is -0.493 e. The molecule has 0 saturated carbocycles. The van der Waals surface area contributed by atoms with Crippen LogP contribution < -0.4 is 24.4 Å². The first kappa shape index (κ1) is 38.7. The maximum atomic E-state index is 17.6. The number of hydrogen-bond donors (Lipinski definition) is 1. The van der Waals surface area contributed by atoms with E-state index in [0.29, 0.717) is 31.2 Å². The van der Waals surface area contributed by atoms with Crippen LogP contribution in [0.15, 0.2) is 24.3 Å². The molecule has 3 aromatic carbocycles. The number of nitrogens with zero attached hydrogens (tertiary/aromatic N) is 5. The van der Waals surface area contributed by atoms with Crippen molar-refractivity contribution in [2.24, 2.45) is 0 Å². The maximum absolute atomic E-state index is 17.6. The number of anilines is 1. The second-order valence-corrected chi connectivity index (χ2v) is 16.5. The van der Waals surface area contributed by atoms with E-state index >= 15 is 13.2 Å². The molecule has 2 bridgehead atoms. The van der Waals surface area contributed by atoms with E-state index in [1.165, 1.54) is 45.3 Å². The molecule has 2 amide bonds. The molecular formula is C41H46F4N6O6. The van der Waals surface area contributed by atoms with Gasteiger partial charge in [-0.15, -0.1) is 0 Å². The third kappa shape index (κ3) is 6.78. The van der Waals surface area contributed by atoms with Crippen molar-refractivity contribution in [3.8, 4) is 28.6 Å². The number of alkyl halides is 1. The molecule has 8 rings (SSSR count). The number of methoxy groups -OCH3 is 1. The molecule has 304 valence electrons. The Hall–Kier alpha value is -5.12. The Labute approximate surface area is 327 Å². The number of fused-ring (bicyclic) bond motifs is 5. The van der Waals surface area contributed by atoms with Crippen molar-refractivity contribution in [3.63, 3.8) is 0 Å².